The molecule has 2 heterocycles. The minimum atomic E-state index is 0.290. The van der Waals surface area contributed by atoms with Crippen molar-refractivity contribution >= 4 is 5.78 Å². The number of aromatic amines is 1. The molecule has 17 heavy (non-hydrogen) atoms. The van der Waals surface area contributed by atoms with Crippen molar-refractivity contribution in [3.05, 3.63) is 41.2 Å². The van der Waals surface area contributed by atoms with E-state index in [1.54, 1.807) is 6.33 Å². The van der Waals surface area contributed by atoms with Gasteiger partial charge in [0.1, 0.15) is 0 Å². The molecule has 1 aliphatic rings. The van der Waals surface area contributed by atoms with E-state index in [1.165, 1.54) is 5.69 Å². The van der Waals surface area contributed by atoms with Gasteiger partial charge in [0, 0.05) is 29.6 Å². The van der Waals surface area contributed by atoms with Gasteiger partial charge in [0.2, 0.25) is 0 Å². The first kappa shape index (κ1) is 10.3. The summed E-state index contributed by atoms with van der Waals surface area (Å²) in [6, 6.07) is 2.02. The van der Waals surface area contributed by atoms with E-state index in [0.717, 1.165) is 36.3 Å². The second-order valence-electron chi connectivity index (χ2n) is 4.59. The monoisotopic (exact) mass is 229 g/mol. The molecule has 0 radical (unpaired) electrons. The molecule has 2 aromatic rings. The third-order valence-electron chi connectivity index (χ3n) is 3.42. The highest BCUT2D eigenvalue weighted by atomic mass is 16.1. The lowest BCUT2D eigenvalue weighted by Crippen LogP contribution is -2.14. The van der Waals surface area contributed by atoms with E-state index >= 15 is 0 Å². The summed E-state index contributed by atoms with van der Waals surface area (Å²) < 4.78 is 2.22. The smallest absolute Gasteiger partial charge is 0.164 e. The molecule has 2 aromatic heterocycles. The third kappa shape index (κ3) is 1.69. The van der Waals surface area contributed by atoms with E-state index in [4.69, 9.17) is 0 Å². The zero-order valence-electron chi connectivity index (χ0n) is 9.86. The summed E-state index contributed by atoms with van der Waals surface area (Å²) in [5.41, 5.74) is 4.34. The van der Waals surface area contributed by atoms with Gasteiger partial charge in [0.05, 0.1) is 18.6 Å². The fourth-order valence-electron chi connectivity index (χ4n) is 2.55. The van der Waals surface area contributed by atoms with E-state index in [0.29, 0.717) is 6.42 Å². The molecule has 0 amide bonds. The predicted octanol–water partition coefficient (Wildman–Crippen LogP) is 2.09. The van der Waals surface area contributed by atoms with Crippen LogP contribution in [0, 0.1) is 6.92 Å². The highest BCUT2D eigenvalue weighted by Crippen LogP contribution is 2.25. The summed E-state index contributed by atoms with van der Waals surface area (Å²) in [5.74, 6) is 0.290. The van der Waals surface area contributed by atoms with Crippen molar-refractivity contribution in [2.24, 2.45) is 0 Å². The lowest BCUT2D eigenvalue weighted by Gasteiger charge is -2.15. The van der Waals surface area contributed by atoms with Gasteiger partial charge in [-0.25, -0.2) is 4.98 Å². The number of Topliss-reactive ketones (excluding diaryl/α,β-unsaturated/α-hetero) is 1. The number of fused-ring (bicyclic) bond motifs is 1. The van der Waals surface area contributed by atoms with Gasteiger partial charge in [-0.1, -0.05) is 0 Å². The van der Waals surface area contributed by atoms with Crippen LogP contribution in [-0.2, 0) is 13.0 Å². The minimum absolute atomic E-state index is 0.290. The normalized spacial score (nSPS) is 15.0. The fraction of sp³-hybridized carbons (Fsp3) is 0.385. The Morgan fingerprint density at radius 3 is 3.12 bits per heavy atom. The van der Waals surface area contributed by atoms with Gasteiger partial charge in [-0.3, -0.25) is 4.79 Å². The number of carbonyl (C=O) groups is 1. The summed E-state index contributed by atoms with van der Waals surface area (Å²) >= 11 is 0. The number of aromatic nitrogens is 3. The van der Waals surface area contributed by atoms with Gasteiger partial charge < -0.3 is 9.55 Å². The zero-order valence-corrected chi connectivity index (χ0v) is 9.86. The second-order valence-corrected chi connectivity index (χ2v) is 4.59. The molecule has 88 valence electrons. The van der Waals surface area contributed by atoms with Crippen molar-refractivity contribution in [3.8, 4) is 0 Å². The van der Waals surface area contributed by atoms with Crippen LogP contribution < -0.4 is 0 Å². The number of nitrogens with one attached hydrogen (secondary N) is 1. The van der Waals surface area contributed by atoms with Gasteiger partial charge in [-0.2, -0.15) is 0 Å². The van der Waals surface area contributed by atoms with E-state index in [2.05, 4.69) is 21.5 Å². The predicted molar refractivity (Wildman–Crippen MR) is 64.1 cm³/mol. The molecule has 0 atom stereocenters. The lowest BCUT2D eigenvalue weighted by atomic mass is 9.97. The van der Waals surface area contributed by atoms with Gasteiger partial charge in [-0.05, 0) is 25.8 Å². The maximum Gasteiger partial charge on any atom is 0.164 e. The minimum Gasteiger partial charge on any atom is -0.347 e. The Labute approximate surface area is 99.7 Å². The van der Waals surface area contributed by atoms with E-state index in [-0.39, 0.29) is 5.78 Å². The SMILES string of the molecule is Cc1cc2c(n1Cc1cnc[nH]1)CCCC2=O. The number of aryl methyl sites for hydroxylation is 1. The summed E-state index contributed by atoms with van der Waals surface area (Å²) in [7, 11) is 0. The topological polar surface area (TPSA) is 50.7 Å². The number of hydrogen-bond donors (Lipinski definition) is 1. The molecule has 0 spiro atoms. The molecule has 1 N–H and O–H groups in total. The fourth-order valence-corrected chi connectivity index (χ4v) is 2.55. The number of hydrogen-bond acceptors (Lipinski definition) is 2. The van der Waals surface area contributed by atoms with Crippen molar-refractivity contribution in [2.75, 3.05) is 0 Å². The van der Waals surface area contributed by atoms with Gasteiger partial charge in [0.25, 0.3) is 0 Å². The highest BCUT2D eigenvalue weighted by molar-refractivity contribution is 5.98. The summed E-state index contributed by atoms with van der Waals surface area (Å²) in [6.45, 7) is 2.83. The Morgan fingerprint density at radius 1 is 1.47 bits per heavy atom. The number of nitrogens with zero attached hydrogens (tertiary/aromatic N) is 2. The van der Waals surface area contributed by atoms with E-state index in [9.17, 15) is 4.79 Å². The van der Waals surface area contributed by atoms with Crippen LogP contribution in [0.15, 0.2) is 18.6 Å². The molecule has 0 aromatic carbocycles. The van der Waals surface area contributed by atoms with Crippen LogP contribution in [0.5, 0.6) is 0 Å². The molecule has 4 nitrogen and oxygen atoms in total. The van der Waals surface area contributed by atoms with Crippen molar-refractivity contribution in [3.63, 3.8) is 0 Å². The van der Waals surface area contributed by atoms with Crippen LogP contribution in [-0.4, -0.2) is 20.3 Å². The molecule has 0 aliphatic heterocycles. The Kier molecular flexibility index (Phi) is 2.35. The first-order chi connectivity index (χ1) is 8.25. The largest absolute Gasteiger partial charge is 0.347 e. The molecular weight excluding hydrogens is 214 g/mol. The number of imidazole rings is 1. The Hall–Kier alpha value is -1.84. The van der Waals surface area contributed by atoms with Crippen molar-refractivity contribution < 1.29 is 4.79 Å². The zero-order chi connectivity index (χ0) is 11.8. The molecule has 3 rings (SSSR count). The number of rotatable bonds is 2. The Bertz CT molecular complexity index is 551. The molecule has 0 saturated carbocycles. The van der Waals surface area contributed by atoms with Crippen LogP contribution in [0.1, 0.15) is 40.3 Å². The Morgan fingerprint density at radius 2 is 2.35 bits per heavy atom. The van der Waals surface area contributed by atoms with Crippen LogP contribution in [0.25, 0.3) is 0 Å². The second kappa shape index (κ2) is 3.87. The van der Waals surface area contributed by atoms with Crippen molar-refractivity contribution in [2.45, 2.75) is 32.7 Å². The maximum atomic E-state index is 11.8. The number of carbonyl (C=O) groups excluding carboxylic acids is 1. The standard InChI is InChI=1S/C13H15N3O/c1-9-5-11-12(3-2-4-13(11)17)16(9)7-10-6-14-8-15-10/h5-6,8H,2-4,7H2,1H3,(H,14,15). The molecule has 0 bridgehead atoms. The highest BCUT2D eigenvalue weighted by Gasteiger charge is 2.22. The number of H-pyrrole nitrogens is 1. The van der Waals surface area contributed by atoms with Crippen LogP contribution in [0.2, 0.25) is 0 Å². The van der Waals surface area contributed by atoms with E-state index in [1.807, 2.05) is 12.3 Å². The molecule has 1 aliphatic carbocycles. The van der Waals surface area contributed by atoms with Crippen molar-refractivity contribution in [1.29, 1.82) is 0 Å². The molecule has 4 heteroatoms. The average Bonchev–Trinajstić information content (AvgIpc) is 2.91. The van der Waals surface area contributed by atoms with Crippen molar-refractivity contribution in [1.82, 2.24) is 14.5 Å². The Balaban J connectivity index is 2.02. The summed E-state index contributed by atoms with van der Waals surface area (Å²) in [5, 5.41) is 0. The lowest BCUT2D eigenvalue weighted by molar-refractivity contribution is 0.0972. The molecule has 0 fully saturated rings. The molecule has 0 saturated heterocycles. The van der Waals surface area contributed by atoms with Gasteiger partial charge in [0.15, 0.2) is 5.78 Å². The van der Waals surface area contributed by atoms with E-state index < -0.39 is 0 Å². The third-order valence-corrected chi connectivity index (χ3v) is 3.42. The number of ketones is 1. The maximum absolute atomic E-state index is 11.8. The first-order valence-corrected chi connectivity index (χ1v) is 5.95. The molecule has 0 unspecified atom stereocenters. The summed E-state index contributed by atoms with van der Waals surface area (Å²) in [6.07, 6.45) is 6.18. The van der Waals surface area contributed by atoms with Crippen LogP contribution >= 0.6 is 0 Å². The average molecular weight is 229 g/mol. The summed E-state index contributed by atoms with van der Waals surface area (Å²) in [4.78, 5) is 18.9. The van der Waals surface area contributed by atoms with Crippen LogP contribution in [0.3, 0.4) is 0 Å². The van der Waals surface area contributed by atoms with Gasteiger partial charge >= 0.3 is 0 Å². The van der Waals surface area contributed by atoms with Crippen LogP contribution in [0.4, 0.5) is 0 Å². The van der Waals surface area contributed by atoms with Gasteiger partial charge in [-0.15, -0.1) is 0 Å². The first-order valence-electron chi connectivity index (χ1n) is 5.95. The quantitative estimate of drug-likeness (QED) is 0.857. The molecular formula is C13H15N3O.